The van der Waals surface area contributed by atoms with E-state index in [0.29, 0.717) is 13.0 Å². The van der Waals surface area contributed by atoms with E-state index in [1.807, 2.05) is 68.4 Å². The van der Waals surface area contributed by atoms with Crippen molar-refractivity contribution in [2.45, 2.75) is 38.8 Å². The number of carbonyl (C=O) groups is 3. The van der Waals surface area contributed by atoms with Gasteiger partial charge in [0.05, 0.1) is 0 Å². The third-order valence-electron chi connectivity index (χ3n) is 5.70. The fourth-order valence-corrected chi connectivity index (χ4v) is 3.96. The highest BCUT2D eigenvalue weighted by Crippen LogP contribution is 2.20. The lowest BCUT2D eigenvalue weighted by Crippen LogP contribution is -2.40. The maximum atomic E-state index is 12.9. The number of benzene rings is 2. The van der Waals surface area contributed by atoms with Crippen molar-refractivity contribution >= 4 is 17.8 Å². The molecule has 0 aliphatic rings. The van der Waals surface area contributed by atoms with Crippen molar-refractivity contribution in [3.63, 3.8) is 0 Å². The van der Waals surface area contributed by atoms with Crippen LogP contribution in [0.1, 0.15) is 46.8 Å². The normalized spacial score (nSPS) is 12.7. The average molecular weight is 493 g/mol. The molecule has 2 amide bonds. The number of hydrogen-bond acceptors (Lipinski definition) is 5. The summed E-state index contributed by atoms with van der Waals surface area (Å²) in [6.45, 7) is 4.55. The zero-order valence-electron chi connectivity index (χ0n) is 20.6. The molecule has 0 aliphatic carbocycles. The summed E-state index contributed by atoms with van der Waals surface area (Å²) in [7, 11) is 1.68. The van der Waals surface area contributed by atoms with Crippen molar-refractivity contribution in [1.82, 2.24) is 20.4 Å². The van der Waals surface area contributed by atoms with Crippen molar-refractivity contribution in [3.05, 3.63) is 77.6 Å². The van der Waals surface area contributed by atoms with Gasteiger partial charge >= 0.3 is 5.97 Å². The fraction of sp³-hybridized carbons (Fsp3) is 0.333. The van der Waals surface area contributed by atoms with E-state index in [-0.39, 0.29) is 29.6 Å². The van der Waals surface area contributed by atoms with Crippen LogP contribution in [0, 0.1) is 5.92 Å². The van der Waals surface area contributed by atoms with Gasteiger partial charge in [0.2, 0.25) is 0 Å². The van der Waals surface area contributed by atoms with E-state index in [1.54, 1.807) is 11.9 Å². The van der Waals surface area contributed by atoms with Gasteiger partial charge in [-0.15, -0.1) is 0 Å². The largest absolute Gasteiger partial charge is 0.479 e. The van der Waals surface area contributed by atoms with Gasteiger partial charge in [0.25, 0.3) is 11.8 Å². The number of rotatable bonds is 11. The third kappa shape index (κ3) is 7.26. The Morgan fingerprint density at radius 2 is 1.67 bits per heavy atom. The number of aliphatic hydroxyl groups is 1. The van der Waals surface area contributed by atoms with Crippen LogP contribution in [-0.4, -0.2) is 68.8 Å². The summed E-state index contributed by atoms with van der Waals surface area (Å²) < 4.78 is 0. The Morgan fingerprint density at radius 1 is 1.03 bits per heavy atom. The van der Waals surface area contributed by atoms with Crippen molar-refractivity contribution in [3.8, 4) is 11.1 Å². The summed E-state index contributed by atoms with van der Waals surface area (Å²) in [5.41, 5.74) is 3.15. The maximum Gasteiger partial charge on any atom is 0.332 e. The summed E-state index contributed by atoms with van der Waals surface area (Å²) in [6, 6.07) is 18.3. The van der Waals surface area contributed by atoms with E-state index in [0.717, 1.165) is 16.7 Å². The van der Waals surface area contributed by atoms with Crippen LogP contribution in [0.4, 0.5) is 0 Å². The fourth-order valence-electron chi connectivity index (χ4n) is 3.96. The number of nitrogens with zero attached hydrogens (tertiary/aromatic N) is 2. The number of carbonyl (C=O) groups excluding carboxylic acids is 2. The first-order valence-electron chi connectivity index (χ1n) is 11.8. The van der Waals surface area contributed by atoms with Gasteiger partial charge in [-0.05, 0) is 29.0 Å². The first-order chi connectivity index (χ1) is 17.1. The Balaban J connectivity index is 1.71. The zero-order chi connectivity index (χ0) is 26.2. The highest BCUT2D eigenvalue weighted by Gasteiger charge is 2.24. The second kappa shape index (κ2) is 12.1. The van der Waals surface area contributed by atoms with Crippen LogP contribution < -0.4 is 5.32 Å². The second-order valence-corrected chi connectivity index (χ2v) is 9.27. The number of H-pyrrole nitrogens is 1. The minimum Gasteiger partial charge on any atom is -0.479 e. The Labute approximate surface area is 210 Å². The Bertz CT molecular complexity index is 1170. The van der Waals surface area contributed by atoms with Crippen molar-refractivity contribution in [1.29, 1.82) is 0 Å². The van der Waals surface area contributed by atoms with Crippen molar-refractivity contribution < 1.29 is 24.6 Å². The molecule has 0 bridgehead atoms. The first-order valence-corrected chi connectivity index (χ1v) is 11.8. The van der Waals surface area contributed by atoms with Gasteiger partial charge in [-0.2, -0.15) is 5.10 Å². The highest BCUT2D eigenvalue weighted by molar-refractivity contribution is 5.97. The van der Waals surface area contributed by atoms with E-state index in [2.05, 4.69) is 15.5 Å². The Hall–Kier alpha value is -3.98. The number of aliphatic hydroxyl groups excluding tert-OH is 1. The van der Waals surface area contributed by atoms with Gasteiger partial charge in [0.15, 0.2) is 11.8 Å². The molecule has 3 aromatic rings. The molecule has 2 aromatic carbocycles. The van der Waals surface area contributed by atoms with Crippen LogP contribution in [0.3, 0.4) is 0 Å². The number of aromatic nitrogens is 2. The predicted molar refractivity (Wildman–Crippen MR) is 135 cm³/mol. The molecule has 2 atom stereocenters. The monoisotopic (exact) mass is 492 g/mol. The molecular formula is C27H32N4O5. The van der Waals surface area contributed by atoms with Crippen LogP contribution in [0.5, 0.6) is 0 Å². The van der Waals surface area contributed by atoms with E-state index in [1.165, 1.54) is 6.07 Å². The molecule has 1 unspecified atom stereocenters. The lowest BCUT2D eigenvalue weighted by Gasteiger charge is -2.20. The highest BCUT2D eigenvalue weighted by atomic mass is 16.4. The van der Waals surface area contributed by atoms with Gasteiger partial charge in [0.1, 0.15) is 5.69 Å². The number of carboxylic acids is 1. The van der Waals surface area contributed by atoms with Crippen LogP contribution in [0.2, 0.25) is 0 Å². The average Bonchev–Trinajstić information content (AvgIpc) is 3.34. The van der Waals surface area contributed by atoms with Crippen LogP contribution in [-0.2, 0) is 11.2 Å². The van der Waals surface area contributed by atoms with Crippen LogP contribution in [0.15, 0.2) is 60.7 Å². The summed E-state index contributed by atoms with van der Waals surface area (Å²) in [5, 5.41) is 28.4. The number of nitrogens with one attached hydrogen (secondary N) is 2. The Kier molecular flexibility index (Phi) is 8.97. The van der Waals surface area contributed by atoms with Gasteiger partial charge in [-0.1, -0.05) is 68.4 Å². The molecule has 0 saturated heterocycles. The minimum atomic E-state index is -1.64. The number of amides is 2. The smallest absolute Gasteiger partial charge is 0.332 e. The summed E-state index contributed by atoms with van der Waals surface area (Å²) in [6.07, 6.45) is -1.52. The first kappa shape index (κ1) is 26.6. The molecule has 1 aromatic heterocycles. The number of hydrogen-bond donors (Lipinski definition) is 4. The molecule has 4 N–H and O–H groups in total. The van der Waals surface area contributed by atoms with E-state index in [4.69, 9.17) is 5.11 Å². The third-order valence-corrected chi connectivity index (χ3v) is 5.70. The van der Waals surface area contributed by atoms with Gasteiger partial charge in [-0.25, -0.2) is 4.79 Å². The molecule has 3 rings (SSSR count). The minimum absolute atomic E-state index is 0.00513. The second-order valence-electron chi connectivity index (χ2n) is 9.27. The lowest BCUT2D eigenvalue weighted by atomic mass is 9.97. The molecule has 0 radical (unpaired) electrons. The lowest BCUT2D eigenvalue weighted by molar-refractivity contribution is -0.147. The SMILES string of the molecule is CC(C)CN(C)C(=O)c1cc(C(=O)NC(Cc2ccc(-c3ccccc3)cc2)C[C@@H](O)C(=O)O)n[nH]1. The molecule has 0 saturated carbocycles. The molecule has 0 aliphatic heterocycles. The molecule has 0 fully saturated rings. The van der Waals surface area contributed by atoms with Gasteiger partial charge in [0, 0.05) is 32.1 Å². The topological polar surface area (TPSA) is 136 Å². The van der Waals surface area contributed by atoms with E-state index in [9.17, 15) is 19.5 Å². The van der Waals surface area contributed by atoms with Crippen molar-refractivity contribution in [2.75, 3.05) is 13.6 Å². The zero-order valence-corrected chi connectivity index (χ0v) is 20.6. The molecule has 9 nitrogen and oxygen atoms in total. The summed E-state index contributed by atoms with van der Waals surface area (Å²) >= 11 is 0. The standard InChI is InChI=1S/C27H32N4O5/c1-17(2)16-31(3)26(34)23-15-22(29-30-23)25(33)28-21(14-24(32)27(35)36)13-18-9-11-20(12-10-18)19-7-5-4-6-8-19/h4-12,15,17,21,24,32H,13-14,16H2,1-3H3,(H,28,33)(H,29,30)(H,35,36)/t21?,24-/m1/s1. The number of carboxylic acid groups (broad SMARTS) is 1. The van der Waals surface area contributed by atoms with Crippen LogP contribution in [0.25, 0.3) is 11.1 Å². The van der Waals surface area contributed by atoms with Gasteiger partial charge in [-0.3, -0.25) is 14.7 Å². The molecule has 0 spiro atoms. The molecule has 9 heteroatoms. The maximum absolute atomic E-state index is 12.9. The Morgan fingerprint density at radius 3 is 2.28 bits per heavy atom. The molecule has 36 heavy (non-hydrogen) atoms. The van der Waals surface area contributed by atoms with E-state index < -0.39 is 24.0 Å². The molecular weight excluding hydrogens is 460 g/mol. The predicted octanol–water partition coefficient (Wildman–Crippen LogP) is 2.98. The van der Waals surface area contributed by atoms with Crippen molar-refractivity contribution in [2.24, 2.45) is 5.92 Å². The quantitative estimate of drug-likeness (QED) is 0.325. The summed E-state index contributed by atoms with van der Waals surface area (Å²) in [5.74, 6) is -1.94. The molecule has 190 valence electrons. The van der Waals surface area contributed by atoms with E-state index >= 15 is 0 Å². The van der Waals surface area contributed by atoms with Gasteiger partial charge < -0.3 is 20.4 Å². The summed E-state index contributed by atoms with van der Waals surface area (Å²) in [4.78, 5) is 38.2. The number of aromatic amines is 1. The van der Waals surface area contributed by atoms with Crippen LogP contribution >= 0.6 is 0 Å². The number of aliphatic carboxylic acids is 1. The molecule has 1 heterocycles.